The van der Waals surface area contributed by atoms with Crippen LogP contribution in [0.5, 0.6) is 5.88 Å². The Hall–Kier alpha value is -1.49. The highest BCUT2D eigenvalue weighted by molar-refractivity contribution is 6.30. The molecule has 1 aliphatic rings. The van der Waals surface area contributed by atoms with E-state index in [1.54, 1.807) is 17.0 Å². The minimum Gasteiger partial charge on any atom is -0.472 e. The van der Waals surface area contributed by atoms with Gasteiger partial charge in [-0.3, -0.25) is 0 Å². The molecule has 2 heterocycles. The molecule has 0 aliphatic carbocycles. The molecule has 6 heteroatoms. The molecule has 110 valence electrons. The van der Waals surface area contributed by atoms with Crippen molar-refractivity contribution < 1.29 is 14.3 Å². The number of pyridine rings is 1. The van der Waals surface area contributed by atoms with E-state index in [0.29, 0.717) is 24.0 Å². The summed E-state index contributed by atoms with van der Waals surface area (Å²) in [7, 11) is 0. The Morgan fingerprint density at radius 1 is 1.45 bits per heavy atom. The van der Waals surface area contributed by atoms with Crippen LogP contribution >= 0.6 is 11.6 Å². The number of aromatic nitrogens is 1. The highest BCUT2D eigenvalue weighted by Crippen LogP contribution is 2.20. The lowest BCUT2D eigenvalue weighted by Crippen LogP contribution is -2.36. The van der Waals surface area contributed by atoms with E-state index in [-0.39, 0.29) is 12.2 Å². The van der Waals surface area contributed by atoms with Crippen molar-refractivity contribution in [3.63, 3.8) is 0 Å². The maximum atomic E-state index is 11.9. The van der Waals surface area contributed by atoms with E-state index >= 15 is 0 Å². The molecule has 1 amide bonds. The van der Waals surface area contributed by atoms with Crippen molar-refractivity contribution in [1.82, 2.24) is 9.88 Å². The zero-order valence-corrected chi connectivity index (χ0v) is 12.7. The van der Waals surface area contributed by atoms with E-state index in [9.17, 15) is 4.79 Å². The van der Waals surface area contributed by atoms with Gasteiger partial charge in [0.2, 0.25) is 5.88 Å². The molecule has 0 aromatic carbocycles. The second-order valence-electron chi connectivity index (χ2n) is 5.77. The summed E-state index contributed by atoms with van der Waals surface area (Å²) in [5.41, 5.74) is -0.478. The molecule has 1 aromatic heterocycles. The summed E-state index contributed by atoms with van der Waals surface area (Å²) in [5, 5.41) is 0.569. The summed E-state index contributed by atoms with van der Waals surface area (Å²) in [5.74, 6) is 0.519. The van der Waals surface area contributed by atoms with Gasteiger partial charge in [0, 0.05) is 25.2 Å². The Labute approximate surface area is 123 Å². The Morgan fingerprint density at radius 3 is 2.80 bits per heavy atom. The first-order chi connectivity index (χ1) is 9.33. The van der Waals surface area contributed by atoms with Gasteiger partial charge < -0.3 is 14.4 Å². The fourth-order valence-corrected chi connectivity index (χ4v) is 2.03. The molecule has 5 nitrogen and oxygen atoms in total. The van der Waals surface area contributed by atoms with Gasteiger partial charge >= 0.3 is 6.09 Å². The van der Waals surface area contributed by atoms with Crippen LogP contribution < -0.4 is 4.74 Å². The number of nitrogens with zero attached hydrogens (tertiary/aromatic N) is 2. The van der Waals surface area contributed by atoms with Gasteiger partial charge in [-0.05, 0) is 26.8 Å². The van der Waals surface area contributed by atoms with Crippen LogP contribution in [0.15, 0.2) is 18.3 Å². The number of ether oxygens (including phenoxy) is 2. The fourth-order valence-electron chi connectivity index (χ4n) is 1.92. The zero-order chi connectivity index (χ0) is 14.8. The van der Waals surface area contributed by atoms with Gasteiger partial charge in [0.15, 0.2) is 0 Å². The van der Waals surface area contributed by atoms with Gasteiger partial charge in [-0.1, -0.05) is 11.6 Å². The summed E-state index contributed by atoms with van der Waals surface area (Å²) in [6, 6.07) is 3.45. The third kappa shape index (κ3) is 4.27. The molecular formula is C14H19ClN2O3. The van der Waals surface area contributed by atoms with Crippen molar-refractivity contribution in [3.05, 3.63) is 23.4 Å². The van der Waals surface area contributed by atoms with E-state index in [1.807, 2.05) is 20.8 Å². The van der Waals surface area contributed by atoms with Gasteiger partial charge in [0.05, 0.1) is 11.6 Å². The number of carbonyl (C=O) groups excluding carboxylic acids is 1. The molecule has 0 spiro atoms. The Bertz CT molecular complexity index is 470. The number of rotatable bonds is 2. The minimum atomic E-state index is -0.478. The van der Waals surface area contributed by atoms with Crippen LogP contribution in [0.4, 0.5) is 4.79 Å². The molecule has 0 unspecified atom stereocenters. The highest BCUT2D eigenvalue weighted by atomic mass is 35.5. The maximum absolute atomic E-state index is 11.9. The number of carbonyl (C=O) groups is 1. The lowest BCUT2D eigenvalue weighted by molar-refractivity contribution is 0.0275. The molecular weight excluding hydrogens is 280 g/mol. The van der Waals surface area contributed by atoms with Gasteiger partial charge in [-0.25, -0.2) is 9.78 Å². The smallest absolute Gasteiger partial charge is 0.410 e. The summed E-state index contributed by atoms with van der Waals surface area (Å²) in [4.78, 5) is 17.7. The monoisotopic (exact) mass is 298 g/mol. The van der Waals surface area contributed by atoms with Gasteiger partial charge in [0.25, 0.3) is 0 Å². The SMILES string of the molecule is CC(C)(C)OC(=O)N1CC[C@H](Oc2ccc(Cl)cn2)C1. The largest absolute Gasteiger partial charge is 0.472 e. The van der Waals surface area contributed by atoms with Crippen molar-refractivity contribution in [3.8, 4) is 5.88 Å². The topological polar surface area (TPSA) is 51.7 Å². The molecule has 0 N–H and O–H groups in total. The van der Waals surface area contributed by atoms with Crippen molar-refractivity contribution in [2.24, 2.45) is 0 Å². The van der Waals surface area contributed by atoms with Gasteiger partial charge in [-0.15, -0.1) is 0 Å². The van der Waals surface area contributed by atoms with E-state index < -0.39 is 5.60 Å². The fraction of sp³-hybridized carbons (Fsp3) is 0.571. The summed E-state index contributed by atoms with van der Waals surface area (Å²) in [6.07, 6.45) is 1.95. The lowest BCUT2D eigenvalue weighted by atomic mass is 10.2. The van der Waals surface area contributed by atoms with E-state index in [0.717, 1.165) is 6.42 Å². The van der Waals surface area contributed by atoms with E-state index in [2.05, 4.69) is 4.98 Å². The van der Waals surface area contributed by atoms with Crippen molar-refractivity contribution in [2.45, 2.75) is 38.9 Å². The predicted octanol–water partition coefficient (Wildman–Crippen LogP) is 3.12. The zero-order valence-electron chi connectivity index (χ0n) is 11.9. The van der Waals surface area contributed by atoms with Crippen LogP contribution in [0.25, 0.3) is 0 Å². The number of likely N-dealkylation sites (tertiary alicyclic amines) is 1. The number of hydrogen-bond donors (Lipinski definition) is 0. The van der Waals surface area contributed by atoms with Crippen molar-refractivity contribution in [1.29, 1.82) is 0 Å². The summed E-state index contributed by atoms with van der Waals surface area (Å²) >= 11 is 5.77. The molecule has 1 fully saturated rings. The first kappa shape index (κ1) is 14.9. The molecule has 1 aliphatic heterocycles. The number of amides is 1. The van der Waals surface area contributed by atoms with Gasteiger partial charge in [-0.2, -0.15) is 0 Å². The highest BCUT2D eigenvalue weighted by Gasteiger charge is 2.30. The normalized spacial score (nSPS) is 19.0. The van der Waals surface area contributed by atoms with Crippen LogP contribution in [-0.4, -0.2) is 40.8 Å². The van der Waals surface area contributed by atoms with Crippen LogP contribution in [0.1, 0.15) is 27.2 Å². The molecule has 2 rings (SSSR count). The van der Waals surface area contributed by atoms with Crippen molar-refractivity contribution in [2.75, 3.05) is 13.1 Å². The van der Waals surface area contributed by atoms with Crippen LogP contribution in [0.2, 0.25) is 5.02 Å². The van der Waals surface area contributed by atoms with E-state index in [1.165, 1.54) is 6.20 Å². The van der Waals surface area contributed by atoms with Gasteiger partial charge in [0.1, 0.15) is 11.7 Å². The Morgan fingerprint density at radius 2 is 2.20 bits per heavy atom. The van der Waals surface area contributed by atoms with Crippen LogP contribution in [-0.2, 0) is 4.74 Å². The molecule has 0 saturated carbocycles. The van der Waals surface area contributed by atoms with Crippen LogP contribution in [0, 0.1) is 0 Å². The average Bonchev–Trinajstić information content (AvgIpc) is 2.79. The summed E-state index contributed by atoms with van der Waals surface area (Å²) < 4.78 is 11.1. The molecule has 20 heavy (non-hydrogen) atoms. The minimum absolute atomic E-state index is 0.0591. The summed E-state index contributed by atoms with van der Waals surface area (Å²) in [6.45, 7) is 6.71. The second-order valence-corrected chi connectivity index (χ2v) is 6.21. The third-order valence-electron chi connectivity index (χ3n) is 2.78. The first-order valence-electron chi connectivity index (χ1n) is 6.59. The number of halogens is 1. The van der Waals surface area contributed by atoms with Crippen LogP contribution in [0.3, 0.4) is 0 Å². The standard InChI is InChI=1S/C14H19ClN2O3/c1-14(2,3)20-13(18)17-7-6-11(9-17)19-12-5-4-10(15)8-16-12/h4-5,8,11H,6-7,9H2,1-3H3/t11-/m0/s1. The molecule has 1 atom stereocenters. The van der Waals surface area contributed by atoms with E-state index in [4.69, 9.17) is 21.1 Å². The molecule has 0 radical (unpaired) electrons. The second kappa shape index (κ2) is 5.87. The molecule has 0 bridgehead atoms. The predicted molar refractivity (Wildman–Crippen MR) is 76.1 cm³/mol. The Kier molecular flexibility index (Phi) is 4.38. The van der Waals surface area contributed by atoms with Crippen molar-refractivity contribution >= 4 is 17.7 Å². The first-order valence-corrected chi connectivity index (χ1v) is 6.97. The molecule has 1 aromatic rings. The third-order valence-corrected chi connectivity index (χ3v) is 3.01. The maximum Gasteiger partial charge on any atom is 0.410 e. The molecule has 1 saturated heterocycles. The number of hydrogen-bond acceptors (Lipinski definition) is 4. The lowest BCUT2D eigenvalue weighted by Gasteiger charge is -2.24. The Balaban J connectivity index is 1.86. The average molecular weight is 299 g/mol. The quantitative estimate of drug-likeness (QED) is 0.842.